The van der Waals surface area contributed by atoms with Gasteiger partial charge < -0.3 is 10.6 Å². The number of carbonyl (C=O) groups is 2. The first-order chi connectivity index (χ1) is 17.5. The predicted molar refractivity (Wildman–Crippen MR) is 139 cm³/mol. The predicted octanol–water partition coefficient (Wildman–Crippen LogP) is 5.37. The van der Waals surface area contributed by atoms with Crippen molar-refractivity contribution in [2.75, 3.05) is 6.54 Å². The van der Waals surface area contributed by atoms with Gasteiger partial charge in [-0.1, -0.05) is 49.7 Å². The Morgan fingerprint density at radius 2 is 1.61 bits per heavy atom. The van der Waals surface area contributed by atoms with Crippen LogP contribution in [-0.4, -0.2) is 28.1 Å². The fourth-order valence-corrected chi connectivity index (χ4v) is 3.61. The molecule has 0 spiro atoms. The molecular weight excluding hydrogens is 455 g/mol. The van der Waals surface area contributed by atoms with E-state index in [0.717, 1.165) is 18.5 Å². The zero-order valence-corrected chi connectivity index (χ0v) is 19.9. The van der Waals surface area contributed by atoms with Gasteiger partial charge in [-0.15, -0.1) is 0 Å². The van der Waals surface area contributed by atoms with E-state index in [1.54, 1.807) is 53.4 Å². The summed E-state index contributed by atoms with van der Waals surface area (Å²) in [4.78, 5) is 26.0. The Morgan fingerprint density at radius 3 is 2.28 bits per heavy atom. The van der Waals surface area contributed by atoms with Crippen molar-refractivity contribution in [1.82, 2.24) is 20.4 Å². The van der Waals surface area contributed by atoms with Crippen LogP contribution in [0.4, 0.5) is 4.39 Å². The zero-order valence-electron chi connectivity index (χ0n) is 19.9. The summed E-state index contributed by atoms with van der Waals surface area (Å²) in [6, 6.07) is 24.2. The molecule has 0 saturated heterocycles. The Bertz CT molecular complexity index is 1350. The highest BCUT2D eigenvalue weighted by atomic mass is 19.1. The number of halogens is 1. The lowest BCUT2D eigenvalue weighted by molar-refractivity contribution is -0.117. The van der Waals surface area contributed by atoms with Crippen molar-refractivity contribution in [3.05, 3.63) is 114 Å². The van der Waals surface area contributed by atoms with E-state index >= 15 is 0 Å². The Morgan fingerprint density at radius 1 is 0.944 bits per heavy atom. The average molecular weight is 483 g/mol. The molecule has 0 aliphatic carbocycles. The Labute approximate surface area is 209 Å². The molecule has 0 radical (unpaired) electrons. The molecule has 0 atom stereocenters. The van der Waals surface area contributed by atoms with Crippen LogP contribution in [0, 0.1) is 5.82 Å². The highest BCUT2D eigenvalue weighted by Gasteiger charge is 2.18. The molecule has 0 aliphatic rings. The summed E-state index contributed by atoms with van der Waals surface area (Å²) < 4.78 is 15.3. The third-order valence-electron chi connectivity index (χ3n) is 5.53. The van der Waals surface area contributed by atoms with Crippen LogP contribution >= 0.6 is 0 Å². The second kappa shape index (κ2) is 11.8. The summed E-state index contributed by atoms with van der Waals surface area (Å²) in [5.41, 5.74) is 3.17. The molecule has 0 bridgehead atoms. The number of hydrogen-bond acceptors (Lipinski definition) is 3. The smallest absolute Gasteiger partial charge is 0.267 e. The number of rotatable bonds is 9. The Kier molecular flexibility index (Phi) is 8.03. The van der Waals surface area contributed by atoms with Gasteiger partial charge in [0.2, 0.25) is 0 Å². The molecule has 6 nitrogen and oxygen atoms in total. The maximum Gasteiger partial charge on any atom is 0.267 e. The highest BCUT2D eigenvalue weighted by Crippen LogP contribution is 2.26. The van der Waals surface area contributed by atoms with Gasteiger partial charge in [-0.05, 0) is 61.0 Å². The van der Waals surface area contributed by atoms with Crippen LogP contribution in [0.1, 0.15) is 35.7 Å². The van der Waals surface area contributed by atoms with Gasteiger partial charge in [-0.2, -0.15) is 5.10 Å². The maximum absolute atomic E-state index is 13.6. The number of amides is 2. The van der Waals surface area contributed by atoms with Gasteiger partial charge in [0.25, 0.3) is 11.8 Å². The first kappa shape index (κ1) is 24.6. The Hall–Kier alpha value is -4.52. The average Bonchev–Trinajstić information content (AvgIpc) is 3.33. The lowest BCUT2D eigenvalue weighted by atomic mass is 10.1. The molecule has 1 aromatic heterocycles. The zero-order chi connectivity index (χ0) is 25.3. The molecule has 0 fully saturated rings. The first-order valence-corrected chi connectivity index (χ1v) is 11.8. The molecule has 7 heteroatoms. The number of para-hydroxylation sites is 1. The van der Waals surface area contributed by atoms with Crippen LogP contribution in [0.2, 0.25) is 0 Å². The summed E-state index contributed by atoms with van der Waals surface area (Å²) in [5.74, 6) is -1.15. The topological polar surface area (TPSA) is 76.0 Å². The molecule has 0 aliphatic heterocycles. The molecule has 2 N–H and O–H groups in total. The summed E-state index contributed by atoms with van der Waals surface area (Å²) in [6.45, 7) is 2.52. The molecule has 0 unspecified atom stereocenters. The van der Waals surface area contributed by atoms with E-state index in [4.69, 9.17) is 5.10 Å². The third kappa shape index (κ3) is 6.13. The van der Waals surface area contributed by atoms with Crippen molar-refractivity contribution in [2.24, 2.45) is 0 Å². The van der Waals surface area contributed by atoms with Gasteiger partial charge in [-0.3, -0.25) is 9.59 Å². The van der Waals surface area contributed by atoms with Gasteiger partial charge in [0.05, 0.1) is 5.69 Å². The lowest BCUT2D eigenvalue weighted by Gasteiger charge is -2.11. The molecule has 0 saturated carbocycles. The number of unbranched alkanes of at least 4 members (excludes halogenated alkanes) is 1. The minimum atomic E-state index is -0.398. The Balaban J connectivity index is 1.77. The minimum absolute atomic E-state index is 0.0935. The van der Waals surface area contributed by atoms with Crippen LogP contribution in [0.5, 0.6) is 0 Å². The largest absolute Gasteiger partial charge is 0.351 e. The molecule has 2 amide bonds. The summed E-state index contributed by atoms with van der Waals surface area (Å²) in [7, 11) is 0. The maximum atomic E-state index is 13.6. The molecule has 182 valence electrons. The summed E-state index contributed by atoms with van der Waals surface area (Å²) >= 11 is 0. The number of nitrogens with one attached hydrogen (secondary N) is 2. The standard InChI is InChI=1S/C29H27FN4O2/c1-2-3-18-31-29(36)26(32-28(35)22-10-6-4-7-11-22)19-23-20-34(25-12-8-5-9-13-25)33-27(23)21-14-16-24(30)17-15-21/h4-17,19-20H,2-3,18H2,1H3,(H,31,36)(H,32,35)/b26-19-. The number of hydrogen-bond donors (Lipinski definition) is 2. The molecule has 4 rings (SSSR count). The van der Waals surface area contributed by atoms with E-state index in [1.807, 2.05) is 43.3 Å². The van der Waals surface area contributed by atoms with Crippen LogP contribution < -0.4 is 10.6 Å². The summed E-state index contributed by atoms with van der Waals surface area (Å²) in [5, 5.41) is 10.3. The summed E-state index contributed by atoms with van der Waals surface area (Å²) in [6.07, 6.45) is 5.13. The first-order valence-electron chi connectivity index (χ1n) is 11.8. The molecule has 36 heavy (non-hydrogen) atoms. The van der Waals surface area contributed by atoms with E-state index in [1.165, 1.54) is 12.1 Å². The second-order valence-electron chi connectivity index (χ2n) is 8.21. The SMILES string of the molecule is CCCCNC(=O)/C(=C/c1cn(-c2ccccc2)nc1-c1ccc(F)cc1)NC(=O)c1ccccc1. The fraction of sp³-hybridized carbons (Fsp3) is 0.138. The van der Waals surface area contributed by atoms with Crippen LogP contribution in [0.25, 0.3) is 23.0 Å². The quantitative estimate of drug-likeness (QED) is 0.249. The lowest BCUT2D eigenvalue weighted by Crippen LogP contribution is -2.35. The van der Waals surface area contributed by atoms with Gasteiger partial charge in [-0.25, -0.2) is 9.07 Å². The van der Waals surface area contributed by atoms with Crippen molar-refractivity contribution < 1.29 is 14.0 Å². The third-order valence-corrected chi connectivity index (χ3v) is 5.53. The van der Waals surface area contributed by atoms with Gasteiger partial charge in [0.1, 0.15) is 17.2 Å². The molecular formula is C29H27FN4O2. The number of benzene rings is 3. The highest BCUT2D eigenvalue weighted by molar-refractivity contribution is 6.05. The molecule has 3 aromatic carbocycles. The van der Waals surface area contributed by atoms with E-state index in [9.17, 15) is 14.0 Å². The van der Waals surface area contributed by atoms with Crippen molar-refractivity contribution in [3.8, 4) is 16.9 Å². The monoisotopic (exact) mass is 482 g/mol. The van der Waals surface area contributed by atoms with Gasteiger partial charge in [0.15, 0.2) is 0 Å². The second-order valence-corrected chi connectivity index (χ2v) is 8.21. The number of carbonyl (C=O) groups excluding carboxylic acids is 2. The number of aromatic nitrogens is 2. The van der Waals surface area contributed by atoms with Gasteiger partial charge in [0, 0.05) is 29.4 Å². The van der Waals surface area contributed by atoms with Crippen LogP contribution in [0.15, 0.2) is 96.8 Å². The van der Waals surface area contributed by atoms with E-state index in [-0.39, 0.29) is 11.5 Å². The van der Waals surface area contributed by atoms with E-state index in [2.05, 4.69) is 10.6 Å². The van der Waals surface area contributed by atoms with Crippen molar-refractivity contribution in [3.63, 3.8) is 0 Å². The molecule has 4 aromatic rings. The fourth-order valence-electron chi connectivity index (χ4n) is 3.61. The minimum Gasteiger partial charge on any atom is -0.351 e. The van der Waals surface area contributed by atoms with Crippen molar-refractivity contribution in [2.45, 2.75) is 19.8 Å². The van der Waals surface area contributed by atoms with Crippen molar-refractivity contribution in [1.29, 1.82) is 0 Å². The van der Waals surface area contributed by atoms with Gasteiger partial charge >= 0.3 is 0 Å². The number of nitrogens with zero attached hydrogens (tertiary/aromatic N) is 2. The molecule has 1 heterocycles. The normalized spacial score (nSPS) is 11.2. The van der Waals surface area contributed by atoms with E-state index < -0.39 is 11.8 Å². The van der Waals surface area contributed by atoms with Crippen molar-refractivity contribution >= 4 is 17.9 Å². The van der Waals surface area contributed by atoms with E-state index in [0.29, 0.717) is 28.9 Å². The van der Waals surface area contributed by atoms with Crippen LogP contribution in [-0.2, 0) is 4.79 Å². The van der Waals surface area contributed by atoms with Crippen LogP contribution in [0.3, 0.4) is 0 Å².